The summed E-state index contributed by atoms with van der Waals surface area (Å²) in [4.78, 5) is 234. The van der Waals surface area contributed by atoms with Gasteiger partial charge in [-0.3, -0.25) is 126 Å². The van der Waals surface area contributed by atoms with Gasteiger partial charge in [-0.15, -0.1) is 16.7 Å². The average Bonchev–Trinajstić information content (AvgIpc) is 0.754. The van der Waals surface area contributed by atoms with E-state index in [0.29, 0.717) is 215 Å². The first-order valence-corrected chi connectivity index (χ1v) is 47.7. The van der Waals surface area contributed by atoms with Crippen molar-refractivity contribution in [2.24, 2.45) is 22.9 Å². The van der Waals surface area contributed by atoms with Crippen molar-refractivity contribution in [3.63, 3.8) is 0 Å². The Hall–Kier alpha value is -16.2. The molecule has 46 heteroatoms. The third-order valence-corrected chi connectivity index (χ3v) is 26.7. The number of hydrogen-bond donors (Lipinski definition) is 8. The number of rotatable bonds is 20. The van der Waals surface area contributed by atoms with E-state index < -0.39 is 72.6 Å². The zero-order valence-corrected chi connectivity index (χ0v) is 77.3. The molecule has 0 bridgehead atoms. The van der Waals surface area contributed by atoms with Gasteiger partial charge in [-0.2, -0.15) is 0 Å². The maximum Gasteiger partial charge on any atom is 0.329 e. The summed E-state index contributed by atoms with van der Waals surface area (Å²) in [5.74, 6) is -1.26. The Balaban J connectivity index is 0.000000129. The summed E-state index contributed by atoms with van der Waals surface area (Å²) in [6.07, 6.45) is 20.4. The number of ketones is 1. The molecule has 0 spiro atoms. The number of carbonyl (C=O) groups is 5. The molecule has 0 atom stereocenters. The number of nitrogens with two attached hydrogens (primary N) is 4. The first-order chi connectivity index (χ1) is 67.3. The monoisotopic (exact) mass is 1930 g/mol. The Morgan fingerprint density at radius 2 is 0.664 bits per heavy atom. The number of pyridine rings is 12. The van der Waals surface area contributed by atoms with E-state index in [1.807, 2.05) is 56.2 Å². The van der Waals surface area contributed by atoms with Crippen molar-refractivity contribution < 1.29 is 32.4 Å². The number of Topliss-reactive ketones (excluding diaryl/α,β-unsaturated/α-hetero) is 1. The number of fused-ring (bicyclic) bond motifs is 12. The zero-order chi connectivity index (χ0) is 98.6. The zero-order valence-electron chi connectivity index (χ0n) is 75.7. The molecule has 140 heavy (non-hydrogen) atoms. The number of nitrogens with zero attached hydrogens (tertiary/aromatic N) is 21. The van der Waals surface area contributed by atoms with Crippen LogP contribution in [-0.4, -0.2) is 246 Å². The molecule has 4 aliphatic heterocycles. The van der Waals surface area contributed by atoms with Gasteiger partial charge in [-0.1, -0.05) is 12.6 Å². The lowest BCUT2D eigenvalue weighted by Crippen LogP contribution is -2.42. The van der Waals surface area contributed by atoms with Gasteiger partial charge in [0.05, 0.1) is 120 Å². The number of H-pyrrole nitrogens is 4. The minimum absolute atomic E-state index is 0.0280. The van der Waals surface area contributed by atoms with E-state index in [4.69, 9.17) is 49.4 Å². The number of piperidine rings is 4. The number of likely N-dealkylation sites (tertiary alicyclic amines) is 4. The van der Waals surface area contributed by atoms with Crippen molar-refractivity contribution in [3.8, 4) is 45.0 Å². The highest BCUT2D eigenvalue weighted by Crippen LogP contribution is 2.36. The lowest BCUT2D eigenvalue weighted by Gasteiger charge is -2.32. The predicted octanol–water partition coefficient (Wildman–Crippen LogP) is 4.08. The highest BCUT2D eigenvalue weighted by molar-refractivity contribution is 7.98. The fourth-order valence-corrected chi connectivity index (χ4v) is 19.3. The summed E-state index contributed by atoms with van der Waals surface area (Å²) in [7, 11) is -3.45. The van der Waals surface area contributed by atoms with Gasteiger partial charge in [-0.05, 0) is 156 Å². The van der Waals surface area contributed by atoms with Gasteiger partial charge in [0.1, 0.15) is 34.0 Å². The maximum absolute atomic E-state index is 13.1. The minimum Gasteiger partial charge on any atom is -0.369 e. The number of carbonyl (C=O) groups excluding carboxylic acids is 5. The molecule has 16 aromatic rings. The summed E-state index contributed by atoms with van der Waals surface area (Å²) >= 11 is 1.55. The highest BCUT2D eigenvalue weighted by Gasteiger charge is 2.32. The third kappa shape index (κ3) is 20.6. The van der Waals surface area contributed by atoms with Gasteiger partial charge >= 0.3 is 22.8 Å². The van der Waals surface area contributed by atoms with Crippen molar-refractivity contribution in [2.75, 3.05) is 91.0 Å². The molecule has 0 aliphatic carbocycles. The van der Waals surface area contributed by atoms with Crippen LogP contribution in [0.3, 0.4) is 0 Å². The molecule has 0 aromatic carbocycles. The van der Waals surface area contributed by atoms with Crippen molar-refractivity contribution >= 4 is 145 Å². The highest BCUT2D eigenvalue weighted by atomic mass is 32.2. The Labute approximate surface area is 795 Å². The smallest absolute Gasteiger partial charge is 0.329 e. The van der Waals surface area contributed by atoms with Crippen LogP contribution in [0, 0.1) is 6.57 Å². The van der Waals surface area contributed by atoms with Gasteiger partial charge in [-0.25, -0.2) is 57.5 Å². The van der Waals surface area contributed by atoms with Gasteiger partial charge < -0.3 is 27.8 Å². The second-order valence-electron chi connectivity index (χ2n) is 34.4. The largest absolute Gasteiger partial charge is 0.369 e. The van der Waals surface area contributed by atoms with E-state index in [1.165, 1.54) is 44.0 Å². The summed E-state index contributed by atoms with van der Waals surface area (Å²) < 4.78 is 29.9. The second kappa shape index (κ2) is 40.6. The standard InChI is InChI=1S/C25H25N7O4.C23H20N8O3.C23H23N7O5S.C23H23N7O3S/c1-14(33)10-16-3-2-15(11-27-16)19-4-5-20-22(29-19)23-18(12-28-20)24(35)30-25(36)32(23)17-6-8-31(9-7-17)13-21(26)34;1-25-19-5-2-13(10-27-19)16-3-4-17-20(28-16)21-15(11-26-17)22(33)29-23(34)31(21)14-6-8-30(9-7-14)12-18(24)32;1-36(34,35)19-5-2-13(10-26-19)16-3-4-17-20(27-16)21-15(11-25-17)22(32)28-23(33)30(21)14-6-8-29(9-7-14)12-18(24)31;1-34-19-5-2-13(10-26-19)16-3-4-17-20(27-16)21-15(11-25-17)22(32)28-23(33)30(21)14-6-8-29(9-7-14)12-18(24)31/h2-5,11-12,17H,6-10,13H2,1H3,(H2,26,34)(H,30,35,36);2-5,10-11,14H,6-9,12H2,(H2,24,32)(H,29,33,34);2-5,10-11,14H,6-9,12H2,1H3,(H2,24,31)(H,28,32,33);2-5,10-11,14H,6-9,12H2,1H3,(H2,24,31)(H,28,32,33). The molecule has 4 saturated heterocycles. The van der Waals surface area contributed by atoms with Gasteiger partial charge in [0.2, 0.25) is 23.6 Å². The van der Waals surface area contributed by atoms with Crippen LogP contribution in [0.5, 0.6) is 0 Å². The number of sulfone groups is 1. The molecule has 714 valence electrons. The number of nitrogens with one attached hydrogen (secondary N) is 4. The summed E-state index contributed by atoms with van der Waals surface area (Å²) in [6.45, 7) is 14.0. The number of thioether (sulfide) groups is 1. The van der Waals surface area contributed by atoms with Crippen molar-refractivity contribution in [3.05, 3.63) is 247 Å². The van der Waals surface area contributed by atoms with Crippen LogP contribution in [0.1, 0.15) is 88.2 Å². The van der Waals surface area contributed by atoms with Crippen molar-refractivity contribution in [1.29, 1.82) is 0 Å². The summed E-state index contributed by atoms with van der Waals surface area (Å²) in [6, 6.07) is 27.4. The van der Waals surface area contributed by atoms with Crippen LogP contribution in [0.4, 0.5) is 5.82 Å². The lowest BCUT2D eigenvalue weighted by atomic mass is 10.0. The molecule has 4 amide bonds. The molecular weight excluding hydrogens is 1840 g/mol. The molecule has 0 saturated carbocycles. The van der Waals surface area contributed by atoms with Gasteiger partial charge in [0.25, 0.3) is 28.1 Å². The summed E-state index contributed by atoms with van der Waals surface area (Å²) in [5.41, 5.74) is 28.7. The van der Waals surface area contributed by atoms with E-state index in [-0.39, 0.29) is 95.5 Å². The molecule has 0 radical (unpaired) electrons. The van der Waals surface area contributed by atoms with Crippen LogP contribution in [0.2, 0.25) is 0 Å². The normalized spacial score (nSPS) is 15.1. The molecule has 4 fully saturated rings. The Morgan fingerprint density at radius 3 is 0.900 bits per heavy atom. The van der Waals surface area contributed by atoms with E-state index in [2.05, 4.69) is 64.7 Å². The molecule has 20 rings (SSSR count). The molecule has 4 aliphatic rings. The van der Waals surface area contributed by atoms with Crippen molar-refractivity contribution in [1.82, 2.24) is 118 Å². The minimum atomic E-state index is -3.45. The van der Waals surface area contributed by atoms with E-state index >= 15 is 0 Å². The fraction of sp³-hybridized carbons (Fsp3) is 0.298. The maximum atomic E-state index is 13.1. The van der Waals surface area contributed by atoms with Crippen LogP contribution >= 0.6 is 11.8 Å². The fourth-order valence-electron chi connectivity index (χ4n) is 18.4. The van der Waals surface area contributed by atoms with Crippen LogP contribution in [0.25, 0.3) is 138 Å². The molecule has 16 aromatic heterocycles. The molecule has 12 N–H and O–H groups in total. The lowest BCUT2D eigenvalue weighted by molar-refractivity contribution is -0.120. The first-order valence-electron chi connectivity index (χ1n) is 44.6. The first kappa shape index (κ1) is 95.5. The Bertz CT molecular complexity index is 8350. The van der Waals surface area contributed by atoms with E-state index in [9.17, 15) is 70.7 Å². The Morgan fingerprint density at radius 1 is 0.379 bits per heavy atom. The number of aromatic nitrogens is 20. The third-order valence-electron chi connectivity index (χ3n) is 25.0. The van der Waals surface area contributed by atoms with Crippen LogP contribution < -0.4 is 67.9 Å². The van der Waals surface area contributed by atoms with Gasteiger partial charge in [0, 0.05) is 161 Å². The molecular formula is C94H91N29O15S2. The van der Waals surface area contributed by atoms with E-state index in [0.717, 1.165) is 22.4 Å². The predicted molar refractivity (Wildman–Crippen MR) is 522 cm³/mol. The topological polar surface area (TPSA) is 615 Å². The SMILES string of the molecule is CC(=O)Cc1ccc(-c2ccc3ncc4c(=O)[nH]c(=O)n(C5CCN(CC(N)=O)CC5)c4c3n2)cn1.CS(=O)(=O)c1ccc(-c2ccc3ncc4c(=O)[nH]c(=O)n(C5CCN(CC(N)=O)CC5)c4c3n2)cn1.CSc1ccc(-c2ccc3ncc4c(=O)[nH]c(=O)n(C5CCN(CC(N)=O)CC5)c4c3n2)cn1.[C-]#[N+]c1ccc(-c2ccc3ncc4c(=O)[nH]c(=O)n(C5CCN(CC(N)=O)CC5)c4c3n2)cn1. The number of primary amides is 4. The number of amides is 4. The molecule has 0 unspecified atom stereocenters. The van der Waals surface area contributed by atoms with Gasteiger partial charge in [0.15, 0.2) is 14.9 Å². The number of aromatic amines is 4. The van der Waals surface area contributed by atoms with Crippen LogP contribution in [0.15, 0.2) is 195 Å². The summed E-state index contributed by atoms with van der Waals surface area (Å²) in [5, 5.41) is 1.95. The number of hydrogen-bond acceptors (Lipinski definition) is 32. The average molecular weight is 1930 g/mol. The molecule has 20 heterocycles. The second-order valence-corrected chi connectivity index (χ2v) is 37.2. The van der Waals surface area contributed by atoms with Crippen LogP contribution in [-0.2, 0) is 40.2 Å². The quantitative estimate of drug-likeness (QED) is 0.0303. The van der Waals surface area contributed by atoms with Crippen molar-refractivity contribution in [2.45, 2.75) is 98.9 Å². The molecule has 44 nitrogen and oxygen atoms in total. The Kier molecular flexibility index (Phi) is 27.7. The van der Waals surface area contributed by atoms with E-state index in [1.54, 1.807) is 109 Å².